The van der Waals surface area contributed by atoms with Gasteiger partial charge in [0.25, 0.3) is 0 Å². The number of aromatic nitrogens is 1. The average Bonchev–Trinajstić information content (AvgIpc) is 3.26. The quantitative estimate of drug-likeness (QED) is 0.230. The second kappa shape index (κ2) is 11.0. The van der Waals surface area contributed by atoms with Crippen molar-refractivity contribution < 1.29 is 9.53 Å². The van der Waals surface area contributed by atoms with Gasteiger partial charge in [-0.1, -0.05) is 23.5 Å². The van der Waals surface area contributed by atoms with Crippen LogP contribution in [0, 0.1) is 0 Å². The molecule has 1 fully saturated rings. The van der Waals surface area contributed by atoms with Crippen LogP contribution in [-0.2, 0) is 4.74 Å². The van der Waals surface area contributed by atoms with Gasteiger partial charge in [-0.2, -0.15) is 0 Å². The zero-order valence-corrected chi connectivity index (χ0v) is 21.0. The normalized spacial score (nSPS) is 16.9. The summed E-state index contributed by atoms with van der Waals surface area (Å²) in [6.07, 6.45) is 0.497. The minimum Gasteiger partial charge on any atom is -0.444 e. The largest absolute Gasteiger partial charge is 0.444 e. The molecule has 0 radical (unpaired) electrons. The van der Waals surface area contributed by atoms with Gasteiger partial charge in [-0.05, 0) is 39.3 Å². The highest BCUT2D eigenvalue weighted by Crippen LogP contribution is 2.24. The van der Waals surface area contributed by atoms with Gasteiger partial charge in [0.2, 0.25) is 0 Å². The van der Waals surface area contributed by atoms with Crippen LogP contribution in [0.1, 0.15) is 27.2 Å². The summed E-state index contributed by atoms with van der Waals surface area (Å²) in [5.41, 5.74) is 0.528. The second-order valence-electron chi connectivity index (χ2n) is 7.97. The first-order valence-corrected chi connectivity index (χ1v) is 10.7. The molecule has 1 aliphatic heterocycles. The Morgan fingerprint density at radius 1 is 1.33 bits per heavy atom. The van der Waals surface area contributed by atoms with Crippen LogP contribution in [-0.4, -0.2) is 66.8 Å². The summed E-state index contributed by atoms with van der Waals surface area (Å²) in [4.78, 5) is 23.1. The molecule has 8 nitrogen and oxygen atoms in total. The minimum absolute atomic E-state index is 0. The Kier molecular flexibility index (Phi) is 8.95. The summed E-state index contributed by atoms with van der Waals surface area (Å²) in [6, 6.07) is 8.18. The Bertz CT molecular complexity index is 833. The first kappa shape index (κ1) is 24.4. The van der Waals surface area contributed by atoms with E-state index in [2.05, 4.69) is 36.9 Å². The van der Waals surface area contributed by atoms with Crippen LogP contribution in [0.25, 0.3) is 10.2 Å². The van der Waals surface area contributed by atoms with Crippen LogP contribution in [0.4, 0.5) is 9.93 Å². The predicted octanol–water partition coefficient (Wildman–Crippen LogP) is 3.50. The van der Waals surface area contributed by atoms with Crippen molar-refractivity contribution in [2.24, 2.45) is 4.99 Å². The van der Waals surface area contributed by atoms with Crippen molar-refractivity contribution in [3.63, 3.8) is 0 Å². The van der Waals surface area contributed by atoms with E-state index in [-0.39, 0.29) is 36.1 Å². The lowest BCUT2D eigenvalue weighted by Gasteiger charge is -2.23. The number of hydrogen-bond acceptors (Lipinski definition) is 6. The van der Waals surface area contributed by atoms with E-state index in [1.54, 1.807) is 18.4 Å². The van der Waals surface area contributed by atoms with Crippen molar-refractivity contribution in [3.8, 4) is 0 Å². The number of halogens is 1. The summed E-state index contributed by atoms with van der Waals surface area (Å²) in [7, 11) is 1.78. The maximum absolute atomic E-state index is 12.0. The number of likely N-dealkylation sites (tertiary alicyclic amines) is 1. The van der Waals surface area contributed by atoms with Gasteiger partial charge in [0.15, 0.2) is 11.1 Å². The SMILES string of the molecule is CN=C(NCCNc1nc2ccccc2s1)N1CCC(NC(=O)OC(C)(C)C)C1.I. The van der Waals surface area contributed by atoms with E-state index >= 15 is 0 Å². The Balaban J connectivity index is 0.00000320. The van der Waals surface area contributed by atoms with Crippen LogP contribution < -0.4 is 16.0 Å². The molecule has 1 aromatic heterocycles. The third-order valence-electron chi connectivity index (χ3n) is 4.40. The fourth-order valence-electron chi connectivity index (χ4n) is 3.17. The molecule has 2 aromatic rings. The van der Waals surface area contributed by atoms with E-state index in [9.17, 15) is 4.79 Å². The maximum atomic E-state index is 12.0. The number of alkyl carbamates (subject to hydrolysis) is 1. The molecule has 0 aliphatic carbocycles. The van der Waals surface area contributed by atoms with Crippen LogP contribution in [0.5, 0.6) is 0 Å². The monoisotopic (exact) mass is 546 g/mol. The summed E-state index contributed by atoms with van der Waals surface area (Å²) in [5, 5.41) is 10.6. The average molecular weight is 546 g/mol. The van der Waals surface area contributed by atoms with Crippen LogP contribution in [0.2, 0.25) is 0 Å². The molecule has 1 unspecified atom stereocenters. The van der Waals surface area contributed by atoms with Gasteiger partial charge in [0, 0.05) is 33.2 Å². The number of nitrogens with one attached hydrogen (secondary N) is 3. The number of para-hydroxylation sites is 1. The number of aliphatic imine (C=N–C) groups is 1. The van der Waals surface area contributed by atoms with Gasteiger partial charge in [-0.25, -0.2) is 9.78 Å². The molecule has 1 aliphatic rings. The number of fused-ring (bicyclic) bond motifs is 1. The lowest BCUT2D eigenvalue weighted by molar-refractivity contribution is 0.0507. The molecular weight excluding hydrogens is 515 g/mol. The molecule has 0 spiro atoms. The smallest absolute Gasteiger partial charge is 0.407 e. The summed E-state index contributed by atoms with van der Waals surface area (Å²) in [5.74, 6) is 0.838. The molecule has 166 valence electrons. The van der Waals surface area contributed by atoms with Gasteiger partial charge in [0.05, 0.1) is 16.3 Å². The molecule has 1 atom stereocenters. The molecule has 1 saturated heterocycles. The van der Waals surface area contributed by atoms with Crippen molar-refractivity contribution in [1.29, 1.82) is 0 Å². The van der Waals surface area contributed by atoms with Gasteiger partial charge in [0.1, 0.15) is 5.60 Å². The number of benzene rings is 1. The van der Waals surface area contributed by atoms with E-state index < -0.39 is 5.60 Å². The van der Waals surface area contributed by atoms with Gasteiger partial charge in [-0.3, -0.25) is 4.99 Å². The Morgan fingerprint density at radius 2 is 2.10 bits per heavy atom. The van der Waals surface area contributed by atoms with Gasteiger partial charge in [-0.15, -0.1) is 24.0 Å². The minimum atomic E-state index is -0.490. The number of carbonyl (C=O) groups is 1. The van der Waals surface area contributed by atoms with Crippen molar-refractivity contribution in [2.75, 3.05) is 38.5 Å². The number of ether oxygens (including phenoxy) is 1. The third-order valence-corrected chi connectivity index (χ3v) is 5.39. The number of rotatable bonds is 5. The lowest BCUT2D eigenvalue weighted by atomic mass is 10.2. The number of amides is 1. The molecule has 2 heterocycles. The molecule has 30 heavy (non-hydrogen) atoms. The van der Waals surface area contributed by atoms with E-state index in [0.29, 0.717) is 6.54 Å². The topological polar surface area (TPSA) is 90.9 Å². The van der Waals surface area contributed by atoms with E-state index in [1.165, 1.54) is 4.70 Å². The van der Waals surface area contributed by atoms with Crippen molar-refractivity contribution in [2.45, 2.75) is 38.8 Å². The second-order valence-corrected chi connectivity index (χ2v) is 9.00. The molecular formula is C20H31IN6O2S. The number of thiazole rings is 1. The molecule has 0 saturated carbocycles. The van der Waals surface area contributed by atoms with Crippen LogP contribution >= 0.6 is 35.3 Å². The van der Waals surface area contributed by atoms with Gasteiger partial charge < -0.3 is 25.6 Å². The van der Waals surface area contributed by atoms with Crippen LogP contribution in [0.3, 0.4) is 0 Å². The van der Waals surface area contributed by atoms with Gasteiger partial charge >= 0.3 is 6.09 Å². The number of carbonyl (C=O) groups excluding carboxylic acids is 1. The zero-order valence-electron chi connectivity index (χ0n) is 17.9. The number of anilines is 1. The molecule has 3 rings (SSSR count). The number of nitrogens with zero attached hydrogens (tertiary/aromatic N) is 3. The van der Waals surface area contributed by atoms with Crippen molar-refractivity contribution >= 4 is 62.7 Å². The maximum Gasteiger partial charge on any atom is 0.407 e. The highest BCUT2D eigenvalue weighted by atomic mass is 127. The molecule has 10 heteroatoms. The fraction of sp³-hybridized carbons (Fsp3) is 0.550. The van der Waals surface area contributed by atoms with E-state index in [0.717, 1.165) is 42.7 Å². The van der Waals surface area contributed by atoms with Crippen LogP contribution in [0.15, 0.2) is 29.3 Å². The molecule has 0 bridgehead atoms. The van der Waals surface area contributed by atoms with Crippen molar-refractivity contribution in [3.05, 3.63) is 24.3 Å². The molecule has 1 aromatic carbocycles. The highest BCUT2D eigenvalue weighted by Gasteiger charge is 2.27. The van der Waals surface area contributed by atoms with E-state index in [4.69, 9.17) is 4.74 Å². The molecule has 1 amide bonds. The summed E-state index contributed by atoms with van der Waals surface area (Å²) in [6.45, 7) is 8.61. The number of hydrogen-bond donors (Lipinski definition) is 3. The predicted molar refractivity (Wildman–Crippen MR) is 134 cm³/mol. The standard InChI is InChI=1S/C20H30N6O2S.HI/c1-20(2,3)28-19(27)24-14-9-12-26(13-14)17(21-4)22-10-11-23-18-25-15-7-5-6-8-16(15)29-18;/h5-8,14H,9-13H2,1-4H3,(H,21,22)(H,23,25)(H,24,27);1H. The first-order chi connectivity index (χ1) is 13.8. The zero-order chi connectivity index (χ0) is 20.9. The lowest BCUT2D eigenvalue weighted by Crippen LogP contribution is -2.45. The fourth-order valence-corrected chi connectivity index (χ4v) is 4.06. The Morgan fingerprint density at radius 3 is 2.80 bits per heavy atom. The third kappa shape index (κ3) is 7.15. The highest BCUT2D eigenvalue weighted by molar-refractivity contribution is 14.0. The Hall–Kier alpha value is -1.82. The van der Waals surface area contributed by atoms with E-state index in [1.807, 2.05) is 39.0 Å². The Labute approximate surface area is 198 Å². The summed E-state index contributed by atoms with van der Waals surface area (Å²) < 4.78 is 6.52. The molecule has 3 N–H and O–H groups in total. The number of guanidine groups is 1. The first-order valence-electron chi connectivity index (χ1n) is 9.88. The van der Waals surface area contributed by atoms with Crippen molar-refractivity contribution in [1.82, 2.24) is 20.5 Å². The summed E-state index contributed by atoms with van der Waals surface area (Å²) >= 11 is 1.65.